The molecule has 1 atom stereocenters. The second-order valence-electron chi connectivity index (χ2n) is 20.5. The van der Waals surface area contributed by atoms with Crippen LogP contribution in [-0.2, 0) is 28.6 Å². The summed E-state index contributed by atoms with van der Waals surface area (Å²) < 4.78 is 16.9. The minimum Gasteiger partial charge on any atom is -0.462 e. The van der Waals surface area contributed by atoms with Crippen LogP contribution in [0, 0.1) is 0 Å². The van der Waals surface area contributed by atoms with E-state index in [1.165, 1.54) is 0 Å². The fourth-order valence-electron chi connectivity index (χ4n) is 8.17. The number of ether oxygens (including phenoxy) is 3. The molecule has 0 aromatic carbocycles. The number of allylic oxidation sites excluding steroid dienone is 30. The van der Waals surface area contributed by atoms with E-state index in [9.17, 15) is 14.4 Å². The van der Waals surface area contributed by atoms with Gasteiger partial charge in [0.05, 0.1) is 0 Å². The third kappa shape index (κ3) is 65.2. The van der Waals surface area contributed by atoms with Gasteiger partial charge in [0.25, 0.3) is 0 Å². The van der Waals surface area contributed by atoms with Crippen LogP contribution in [0.3, 0.4) is 0 Å². The summed E-state index contributed by atoms with van der Waals surface area (Å²) in [5, 5.41) is 0. The maximum atomic E-state index is 12.9. The van der Waals surface area contributed by atoms with E-state index in [-0.39, 0.29) is 37.5 Å². The minimum absolute atomic E-state index is 0.111. The number of hydrogen-bond acceptors (Lipinski definition) is 6. The predicted octanol–water partition coefficient (Wildman–Crippen LogP) is 22.4. The van der Waals surface area contributed by atoms with Crippen LogP contribution in [0.1, 0.15) is 252 Å². The molecule has 452 valence electrons. The van der Waals surface area contributed by atoms with Crippen molar-refractivity contribution in [3.8, 4) is 0 Å². The summed E-state index contributed by atoms with van der Waals surface area (Å²) in [6.07, 6.45) is 100. The van der Waals surface area contributed by atoms with Crippen molar-refractivity contribution in [1.82, 2.24) is 0 Å². The summed E-state index contributed by atoms with van der Waals surface area (Å²) in [5.74, 6) is -0.971. The molecule has 0 heterocycles. The molecular weight excluding hydrogens is 997 g/mol. The molecule has 0 fully saturated rings. The maximum Gasteiger partial charge on any atom is 0.306 e. The van der Waals surface area contributed by atoms with Gasteiger partial charge < -0.3 is 14.2 Å². The second kappa shape index (κ2) is 67.0. The molecule has 0 aromatic heterocycles. The Balaban J connectivity index is 4.50. The first-order valence-corrected chi connectivity index (χ1v) is 32.3. The molecule has 0 amide bonds. The Hall–Kier alpha value is -5.49. The van der Waals surface area contributed by atoms with Crippen molar-refractivity contribution < 1.29 is 28.6 Å². The summed E-state index contributed by atoms with van der Waals surface area (Å²) in [6.45, 7) is 6.24. The molecule has 0 aliphatic heterocycles. The Labute approximate surface area is 497 Å². The Morgan fingerprint density at radius 3 is 0.691 bits per heavy atom. The quantitative estimate of drug-likeness (QED) is 0.0261. The lowest BCUT2D eigenvalue weighted by molar-refractivity contribution is -0.167. The molecule has 0 rings (SSSR count). The van der Waals surface area contributed by atoms with E-state index in [0.717, 1.165) is 212 Å². The van der Waals surface area contributed by atoms with Crippen molar-refractivity contribution in [1.29, 1.82) is 0 Å². The molecule has 0 bridgehead atoms. The molecule has 0 aromatic rings. The first-order chi connectivity index (χ1) is 40.0. The van der Waals surface area contributed by atoms with Gasteiger partial charge in [0.2, 0.25) is 0 Å². The standard InChI is InChI=1S/C75H116O6/c1-4-7-10-13-16-19-22-25-28-30-32-34-35-36-37-38-39-41-42-44-47-50-53-56-59-62-65-68-74(77)80-71-72(70-79-73(76)67-64-61-58-55-52-49-46-27-24-21-18-15-12-9-6-3)81-75(78)69-66-63-60-57-54-51-48-45-43-40-33-31-29-26-23-20-17-14-11-8-5-2/h7-12,16-21,25-29,32-34,36-37,39-41,44-48,72H,4-6,13-15,22-24,30-31,35,38,42-43,49-71H2,1-3H3/b10-7-,11-8-,12-9-,19-16-,20-17-,21-18-,28-25-,29-26-,34-32-,37-36-,40-33-,41-39-,46-27-,47-44-,48-45-. The van der Waals surface area contributed by atoms with E-state index >= 15 is 0 Å². The highest BCUT2D eigenvalue weighted by Crippen LogP contribution is 2.13. The third-order valence-corrected chi connectivity index (χ3v) is 12.9. The lowest BCUT2D eigenvalue weighted by Gasteiger charge is -2.18. The van der Waals surface area contributed by atoms with Gasteiger partial charge in [0, 0.05) is 19.3 Å². The largest absolute Gasteiger partial charge is 0.462 e. The molecule has 0 radical (unpaired) electrons. The molecule has 0 N–H and O–H groups in total. The van der Waals surface area contributed by atoms with E-state index in [1.807, 2.05) is 0 Å². The highest BCUT2D eigenvalue weighted by molar-refractivity contribution is 5.71. The van der Waals surface area contributed by atoms with E-state index in [4.69, 9.17) is 14.2 Å². The molecule has 6 heteroatoms. The fraction of sp³-hybridized carbons (Fsp3) is 0.560. The third-order valence-electron chi connectivity index (χ3n) is 12.9. The van der Waals surface area contributed by atoms with Gasteiger partial charge >= 0.3 is 17.9 Å². The Bertz CT molecular complexity index is 1900. The first-order valence-electron chi connectivity index (χ1n) is 32.3. The molecule has 1 unspecified atom stereocenters. The number of esters is 3. The van der Waals surface area contributed by atoms with Crippen molar-refractivity contribution in [3.63, 3.8) is 0 Å². The molecule has 6 nitrogen and oxygen atoms in total. The summed E-state index contributed by atoms with van der Waals surface area (Å²) in [4.78, 5) is 38.4. The van der Waals surface area contributed by atoms with Crippen LogP contribution in [-0.4, -0.2) is 37.2 Å². The van der Waals surface area contributed by atoms with Gasteiger partial charge in [-0.2, -0.15) is 0 Å². The van der Waals surface area contributed by atoms with Gasteiger partial charge in [0.15, 0.2) is 6.10 Å². The Morgan fingerprint density at radius 1 is 0.247 bits per heavy atom. The van der Waals surface area contributed by atoms with E-state index in [0.29, 0.717) is 12.8 Å². The normalized spacial score (nSPS) is 13.4. The number of rotatable bonds is 56. The lowest BCUT2D eigenvalue weighted by atomic mass is 10.1. The van der Waals surface area contributed by atoms with Crippen LogP contribution < -0.4 is 0 Å². The highest BCUT2D eigenvalue weighted by atomic mass is 16.6. The Morgan fingerprint density at radius 2 is 0.444 bits per heavy atom. The van der Waals surface area contributed by atoms with Crippen LogP contribution >= 0.6 is 0 Å². The number of carbonyl (C=O) groups is 3. The SMILES string of the molecule is CC/C=C\C/C=C\C/C=C\C/C=C\C/C=C\C/C=C\C/C=C\CCCCCCCC(=O)OCC(COC(=O)CCCCCCC/C=C\C/C=C\C/C=C\CC)OC(=O)CCCCCCC/C=C\C/C=C\C/C=C\C/C=C\C/C=C\CC. The second-order valence-corrected chi connectivity index (χ2v) is 20.5. The zero-order valence-electron chi connectivity index (χ0n) is 51.7. The van der Waals surface area contributed by atoms with Crippen LogP contribution in [0.5, 0.6) is 0 Å². The van der Waals surface area contributed by atoms with E-state index in [2.05, 4.69) is 203 Å². The van der Waals surface area contributed by atoms with Crippen molar-refractivity contribution in [2.45, 2.75) is 258 Å². The smallest absolute Gasteiger partial charge is 0.306 e. The molecule has 81 heavy (non-hydrogen) atoms. The van der Waals surface area contributed by atoms with Crippen LogP contribution in [0.2, 0.25) is 0 Å². The average molecular weight is 1110 g/mol. The van der Waals surface area contributed by atoms with E-state index < -0.39 is 6.10 Å². The molecule has 0 aliphatic carbocycles. The molecular formula is C75H116O6. The molecule has 0 aliphatic rings. The minimum atomic E-state index is -0.817. The molecule has 0 spiro atoms. The van der Waals surface area contributed by atoms with Gasteiger partial charge in [-0.1, -0.05) is 261 Å². The van der Waals surface area contributed by atoms with Crippen LogP contribution in [0.15, 0.2) is 182 Å². The van der Waals surface area contributed by atoms with Gasteiger partial charge in [0.1, 0.15) is 13.2 Å². The zero-order chi connectivity index (χ0) is 58.5. The summed E-state index contributed by atoms with van der Waals surface area (Å²) in [7, 11) is 0. The summed E-state index contributed by atoms with van der Waals surface area (Å²) >= 11 is 0. The first kappa shape index (κ1) is 75.5. The van der Waals surface area contributed by atoms with Gasteiger partial charge in [-0.3, -0.25) is 14.4 Å². The van der Waals surface area contributed by atoms with Crippen molar-refractivity contribution in [3.05, 3.63) is 182 Å². The number of unbranched alkanes of at least 4 members (excludes halogenated alkanes) is 15. The van der Waals surface area contributed by atoms with Gasteiger partial charge in [-0.15, -0.1) is 0 Å². The van der Waals surface area contributed by atoms with Crippen LogP contribution in [0.4, 0.5) is 0 Å². The van der Waals surface area contributed by atoms with Crippen molar-refractivity contribution in [2.24, 2.45) is 0 Å². The topological polar surface area (TPSA) is 78.9 Å². The monoisotopic (exact) mass is 1110 g/mol. The summed E-state index contributed by atoms with van der Waals surface area (Å²) in [6, 6.07) is 0. The Kier molecular flexibility index (Phi) is 62.5. The van der Waals surface area contributed by atoms with Crippen molar-refractivity contribution >= 4 is 17.9 Å². The lowest BCUT2D eigenvalue weighted by Crippen LogP contribution is -2.30. The van der Waals surface area contributed by atoms with Crippen LogP contribution in [0.25, 0.3) is 0 Å². The highest BCUT2D eigenvalue weighted by Gasteiger charge is 2.19. The van der Waals surface area contributed by atoms with Gasteiger partial charge in [-0.05, 0) is 154 Å². The molecule has 0 saturated carbocycles. The molecule has 0 saturated heterocycles. The average Bonchev–Trinajstić information content (AvgIpc) is 3.47. The van der Waals surface area contributed by atoms with Gasteiger partial charge in [-0.25, -0.2) is 0 Å². The number of carbonyl (C=O) groups excluding carboxylic acids is 3. The number of hydrogen-bond donors (Lipinski definition) is 0. The van der Waals surface area contributed by atoms with Crippen molar-refractivity contribution in [2.75, 3.05) is 13.2 Å². The summed E-state index contributed by atoms with van der Waals surface area (Å²) in [5.41, 5.74) is 0. The maximum absolute atomic E-state index is 12.9. The zero-order valence-corrected chi connectivity index (χ0v) is 51.7. The predicted molar refractivity (Wildman–Crippen MR) is 352 cm³/mol. The fourth-order valence-corrected chi connectivity index (χ4v) is 8.17. The van der Waals surface area contributed by atoms with E-state index in [1.54, 1.807) is 0 Å².